The van der Waals surface area contributed by atoms with Crippen molar-refractivity contribution in [2.45, 2.75) is 25.2 Å². The Hall–Kier alpha value is -1.34. The van der Waals surface area contributed by atoms with Crippen molar-refractivity contribution in [1.82, 2.24) is 0 Å². The van der Waals surface area contributed by atoms with E-state index >= 15 is 0 Å². The van der Waals surface area contributed by atoms with Crippen LogP contribution in [0.4, 0.5) is 35.1 Å². The van der Waals surface area contributed by atoms with Gasteiger partial charge in [0.15, 0.2) is 12.3 Å². The Morgan fingerprint density at radius 1 is 0.611 bits per heavy atom. The molecule has 0 radical (unpaired) electrons. The smallest absolute Gasteiger partial charge is 0.236 e. The predicted octanol–water partition coefficient (Wildman–Crippen LogP) is 4.52. The van der Waals surface area contributed by atoms with Gasteiger partial charge in [0.1, 0.15) is 11.6 Å². The van der Waals surface area contributed by atoms with Crippen molar-refractivity contribution in [3.05, 3.63) is 34.9 Å². The molecule has 0 heterocycles. The zero-order valence-corrected chi connectivity index (χ0v) is 8.49. The minimum atomic E-state index is -3.61. The zero-order valence-electron chi connectivity index (χ0n) is 8.49. The normalized spacial score (nSPS) is 15.2. The highest BCUT2D eigenvalue weighted by Gasteiger charge is 2.30. The SMILES string of the molecule is Fc1cc(C(F)C(F)F)c(F)cc1C(F)C(F)F. The van der Waals surface area contributed by atoms with Gasteiger partial charge in [-0.15, -0.1) is 0 Å². The van der Waals surface area contributed by atoms with Crippen LogP contribution in [0.3, 0.4) is 0 Å². The Labute approximate surface area is 96.2 Å². The number of hydrogen-bond donors (Lipinski definition) is 0. The number of alkyl halides is 6. The van der Waals surface area contributed by atoms with Crippen molar-refractivity contribution in [2.24, 2.45) is 0 Å². The van der Waals surface area contributed by atoms with Crippen molar-refractivity contribution >= 4 is 0 Å². The Morgan fingerprint density at radius 2 is 0.889 bits per heavy atom. The molecule has 1 aromatic rings. The van der Waals surface area contributed by atoms with Gasteiger partial charge in [-0.1, -0.05) is 0 Å². The lowest BCUT2D eigenvalue weighted by Gasteiger charge is -2.13. The van der Waals surface area contributed by atoms with Crippen LogP contribution in [0.15, 0.2) is 12.1 Å². The predicted molar refractivity (Wildman–Crippen MR) is 46.1 cm³/mol. The van der Waals surface area contributed by atoms with E-state index in [-0.39, 0.29) is 12.1 Å². The van der Waals surface area contributed by atoms with Crippen molar-refractivity contribution < 1.29 is 35.1 Å². The summed E-state index contributed by atoms with van der Waals surface area (Å²) >= 11 is 0. The first-order valence-corrected chi connectivity index (χ1v) is 4.59. The van der Waals surface area contributed by atoms with Crippen LogP contribution >= 0.6 is 0 Å². The molecular formula is C10H6F8. The molecular weight excluding hydrogens is 272 g/mol. The average molecular weight is 278 g/mol. The van der Waals surface area contributed by atoms with Crippen molar-refractivity contribution in [3.63, 3.8) is 0 Å². The molecule has 0 saturated carbocycles. The molecule has 0 saturated heterocycles. The van der Waals surface area contributed by atoms with Crippen LogP contribution in [-0.4, -0.2) is 12.9 Å². The largest absolute Gasteiger partial charge is 0.273 e. The fraction of sp³-hybridized carbons (Fsp3) is 0.400. The monoisotopic (exact) mass is 278 g/mol. The zero-order chi connectivity index (χ0) is 14.0. The Kier molecular flexibility index (Phi) is 4.53. The fourth-order valence-electron chi connectivity index (χ4n) is 1.27. The minimum Gasteiger partial charge on any atom is -0.236 e. The molecule has 1 rings (SSSR count). The van der Waals surface area contributed by atoms with E-state index in [1.54, 1.807) is 0 Å². The highest BCUT2D eigenvalue weighted by atomic mass is 19.3. The van der Waals surface area contributed by atoms with Crippen LogP contribution in [0.5, 0.6) is 0 Å². The molecule has 0 nitrogen and oxygen atoms in total. The van der Waals surface area contributed by atoms with Gasteiger partial charge in [0.2, 0.25) is 0 Å². The van der Waals surface area contributed by atoms with Crippen LogP contribution < -0.4 is 0 Å². The molecule has 0 aliphatic carbocycles. The first-order valence-electron chi connectivity index (χ1n) is 4.59. The summed E-state index contributed by atoms with van der Waals surface area (Å²) in [5.74, 6) is -3.41. The van der Waals surface area contributed by atoms with Gasteiger partial charge in [0.05, 0.1) is 0 Å². The van der Waals surface area contributed by atoms with E-state index in [1.807, 2.05) is 0 Å². The van der Waals surface area contributed by atoms with Crippen LogP contribution in [0.2, 0.25) is 0 Å². The van der Waals surface area contributed by atoms with Crippen molar-refractivity contribution in [2.75, 3.05) is 0 Å². The van der Waals surface area contributed by atoms with Gasteiger partial charge in [-0.05, 0) is 12.1 Å². The van der Waals surface area contributed by atoms with Gasteiger partial charge in [-0.3, -0.25) is 0 Å². The summed E-state index contributed by atoms with van der Waals surface area (Å²) < 4.78 is 99.6. The maximum absolute atomic E-state index is 13.1. The number of rotatable bonds is 4. The first kappa shape index (κ1) is 14.7. The van der Waals surface area contributed by atoms with E-state index in [0.29, 0.717) is 0 Å². The Balaban J connectivity index is 3.20. The summed E-state index contributed by atoms with van der Waals surface area (Å²) in [4.78, 5) is 0. The topological polar surface area (TPSA) is 0 Å². The number of halogens is 8. The molecule has 1 aromatic carbocycles. The van der Waals surface area contributed by atoms with Gasteiger partial charge >= 0.3 is 0 Å². The molecule has 0 aromatic heterocycles. The minimum absolute atomic E-state index is 0.0452. The molecule has 0 bridgehead atoms. The first-order chi connectivity index (χ1) is 8.25. The standard InChI is InChI=1S/C10H6F8/c11-5-1-3(7(13)9(15)16)6(12)2-4(5)8(14)10(17)18/h1-2,7-10H. The summed E-state index contributed by atoms with van der Waals surface area (Å²) in [5, 5.41) is 0. The number of benzene rings is 1. The van der Waals surface area contributed by atoms with Crippen LogP contribution in [-0.2, 0) is 0 Å². The molecule has 102 valence electrons. The van der Waals surface area contributed by atoms with Crippen molar-refractivity contribution in [3.8, 4) is 0 Å². The van der Waals surface area contributed by atoms with Gasteiger partial charge in [0, 0.05) is 11.1 Å². The summed E-state index contributed by atoms with van der Waals surface area (Å²) in [5.41, 5.74) is -2.68. The van der Waals surface area contributed by atoms with E-state index in [1.165, 1.54) is 0 Å². The third-order valence-corrected chi connectivity index (χ3v) is 2.15. The van der Waals surface area contributed by atoms with Gasteiger partial charge in [-0.2, -0.15) is 0 Å². The van der Waals surface area contributed by atoms with Crippen LogP contribution in [0, 0.1) is 11.6 Å². The van der Waals surface area contributed by atoms with E-state index in [9.17, 15) is 35.1 Å². The van der Waals surface area contributed by atoms with E-state index in [4.69, 9.17) is 0 Å². The van der Waals surface area contributed by atoms with Gasteiger partial charge in [-0.25, -0.2) is 35.1 Å². The summed E-state index contributed by atoms with van der Waals surface area (Å²) in [6, 6.07) is -0.0904. The lowest BCUT2D eigenvalue weighted by molar-refractivity contribution is 0.0444. The molecule has 0 aliphatic heterocycles. The second-order valence-electron chi connectivity index (χ2n) is 3.37. The molecule has 0 N–H and O–H groups in total. The van der Waals surface area contributed by atoms with Crippen molar-refractivity contribution in [1.29, 1.82) is 0 Å². The third-order valence-electron chi connectivity index (χ3n) is 2.15. The molecule has 2 unspecified atom stereocenters. The van der Waals surface area contributed by atoms with E-state index in [0.717, 1.165) is 0 Å². The lowest BCUT2D eigenvalue weighted by Crippen LogP contribution is -2.11. The molecule has 18 heavy (non-hydrogen) atoms. The van der Waals surface area contributed by atoms with Crippen LogP contribution in [0.1, 0.15) is 23.5 Å². The highest BCUT2D eigenvalue weighted by molar-refractivity contribution is 5.30. The quantitative estimate of drug-likeness (QED) is 0.710. The van der Waals surface area contributed by atoms with Crippen LogP contribution in [0.25, 0.3) is 0 Å². The maximum atomic E-state index is 13.1. The summed E-state index contributed by atoms with van der Waals surface area (Å²) in [6.45, 7) is 0. The van der Waals surface area contributed by atoms with E-state index < -0.39 is 48.0 Å². The summed E-state index contributed by atoms with van der Waals surface area (Å²) in [6.07, 6.45) is -13.4. The van der Waals surface area contributed by atoms with Gasteiger partial charge in [0.25, 0.3) is 12.9 Å². The molecule has 0 spiro atoms. The Bertz CT molecular complexity index is 377. The second kappa shape index (κ2) is 5.53. The molecule has 0 amide bonds. The Morgan fingerprint density at radius 3 is 1.11 bits per heavy atom. The maximum Gasteiger partial charge on any atom is 0.273 e. The molecule has 8 heteroatoms. The van der Waals surface area contributed by atoms with Gasteiger partial charge < -0.3 is 0 Å². The fourth-order valence-corrected chi connectivity index (χ4v) is 1.27. The molecule has 0 aliphatic rings. The molecule has 0 fully saturated rings. The summed E-state index contributed by atoms with van der Waals surface area (Å²) in [7, 11) is 0. The lowest BCUT2D eigenvalue weighted by atomic mass is 10.0. The highest BCUT2D eigenvalue weighted by Crippen LogP contribution is 2.33. The second-order valence-corrected chi connectivity index (χ2v) is 3.37. The number of hydrogen-bond acceptors (Lipinski definition) is 0. The average Bonchev–Trinajstić information content (AvgIpc) is 2.29. The molecule has 2 atom stereocenters. The third kappa shape index (κ3) is 2.91. The van der Waals surface area contributed by atoms with E-state index in [2.05, 4.69) is 0 Å².